The largest absolute Gasteiger partial charge is 0.456 e. The number of ether oxygens (including phenoxy) is 1. The molecule has 0 unspecified atom stereocenters. The third kappa shape index (κ3) is 3.80. The van der Waals surface area contributed by atoms with Crippen molar-refractivity contribution in [1.82, 2.24) is 4.72 Å². The number of benzene rings is 2. The number of aliphatic imine (C=N–C) groups is 1. The van der Waals surface area contributed by atoms with Gasteiger partial charge in [-0.05, 0) is 23.8 Å². The molecule has 1 N–H and O–H groups in total. The van der Waals surface area contributed by atoms with Gasteiger partial charge in [0.15, 0.2) is 12.4 Å². The van der Waals surface area contributed by atoms with Crippen molar-refractivity contribution in [2.75, 3.05) is 25.1 Å². The third-order valence-corrected chi connectivity index (χ3v) is 7.04. The van der Waals surface area contributed by atoms with Crippen LogP contribution >= 0.6 is 0 Å². The zero-order valence-corrected chi connectivity index (χ0v) is 18.8. The van der Waals surface area contributed by atoms with Gasteiger partial charge in [-0.1, -0.05) is 44.2 Å². The van der Waals surface area contributed by atoms with E-state index >= 15 is 0 Å². The van der Waals surface area contributed by atoms with E-state index in [0.29, 0.717) is 5.56 Å². The summed E-state index contributed by atoms with van der Waals surface area (Å²) in [5.41, 5.74) is 3.01. The predicted octanol–water partition coefficient (Wildman–Crippen LogP) is 2.15. The Kier molecular flexibility index (Phi) is 5.37. The zero-order valence-electron chi connectivity index (χ0n) is 18.0. The van der Waals surface area contributed by atoms with Crippen LogP contribution in [0.3, 0.4) is 0 Å². The molecule has 2 aliphatic heterocycles. The Morgan fingerprint density at radius 3 is 2.56 bits per heavy atom. The lowest BCUT2D eigenvalue weighted by Gasteiger charge is -2.23. The molecule has 2 aromatic carbocycles. The molecule has 0 saturated heterocycles. The molecule has 0 aliphatic carbocycles. The summed E-state index contributed by atoms with van der Waals surface area (Å²) in [5.74, 6) is -0.992. The lowest BCUT2D eigenvalue weighted by atomic mass is 9.83. The van der Waals surface area contributed by atoms with Gasteiger partial charge < -0.3 is 9.64 Å². The number of nitrogens with one attached hydrogen (secondary N) is 1. The molecule has 0 radical (unpaired) electrons. The Bertz CT molecular complexity index is 1280. The van der Waals surface area contributed by atoms with Crippen LogP contribution in [0, 0.1) is 0 Å². The number of para-hydroxylation sites is 1. The number of carbonyl (C=O) groups excluding carboxylic acids is 2. The summed E-state index contributed by atoms with van der Waals surface area (Å²) in [6.07, 6.45) is 1.50. The summed E-state index contributed by atoms with van der Waals surface area (Å²) < 4.78 is 31.5. The summed E-state index contributed by atoms with van der Waals surface area (Å²) >= 11 is 0. The number of esters is 1. The summed E-state index contributed by atoms with van der Waals surface area (Å²) in [6, 6.07) is 14.3. The molecule has 0 fully saturated rings. The lowest BCUT2D eigenvalue weighted by molar-refractivity contribution is -0.145. The highest BCUT2D eigenvalue weighted by Gasteiger charge is 2.38. The van der Waals surface area contributed by atoms with E-state index in [0.717, 1.165) is 16.9 Å². The minimum Gasteiger partial charge on any atom is -0.456 e. The van der Waals surface area contributed by atoms with Crippen LogP contribution in [0.25, 0.3) is 0 Å². The normalized spacial score (nSPS) is 20.0. The molecule has 32 heavy (non-hydrogen) atoms. The predicted molar refractivity (Wildman–Crippen MR) is 120 cm³/mol. The molecule has 2 aliphatic rings. The number of rotatable bonds is 5. The second-order valence-electron chi connectivity index (χ2n) is 8.12. The van der Waals surface area contributed by atoms with Gasteiger partial charge >= 0.3 is 5.97 Å². The molecule has 9 heteroatoms. The topological polar surface area (TPSA) is 105 Å². The molecular weight excluding hydrogens is 430 g/mol. The van der Waals surface area contributed by atoms with Crippen LogP contribution in [0.2, 0.25) is 0 Å². The summed E-state index contributed by atoms with van der Waals surface area (Å²) in [5, 5.41) is 0. The molecule has 2 heterocycles. The number of amidine groups is 1. The third-order valence-electron chi connectivity index (χ3n) is 5.64. The maximum atomic E-state index is 12.5. The van der Waals surface area contributed by atoms with Gasteiger partial charge in [0.25, 0.3) is 10.0 Å². The number of ketones is 1. The van der Waals surface area contributed by atoms with E-state index in [4.69, 9.17) is 4.74 Å². The van der Waals surface area contributed by atoms with Gasteiger partial charge in [-0.25, -0.2) is 8.42 Å². The van der Waals surface area contributed by atoms with Gasteiger partial charge in [0.1, 0.15) is 12.4 Å². The van der Waals surface area contributed by atoms with Crippen molar-refractivity contribution < 1.29 is 22.7 Å². The second kappa shape index (κ2) is 7.90. The Balaban J connectivity index is 1.39. The zero-order chi connectivity index (χ0) is 23.1. The van der Waals surface area contributed by atoms with Crippen molar-refractivity contribution in [1.29, 1.82) is 0 Å². The first-order valence-corrected chi connectivity index (χ1v) is 11.5. The minimum atomic E-state index is -3.68. The van der Waals surface area contributed by atoms with Crippen molar-refractivity contribution in [3.63, 3.8) is 0 Å². The van der Waals surface area contributed by atoms with E-state index in [-0.39, 0.29) is 21.9 Å². The molecule has 0 amide bonds. The fourth-order valence-corrected chi connectivity index (χ4v) is 5.30. The van der Waals surface area contributed by atoms with Gasteiger partial charge in [-0.15, -0.1) is 0 Å². The molecule has 0 saturated carbocycles. The average Bonchev–Trinajstić information content (AvgIpc) is 3.14. The van der Waals surface area contributed by atoms with Gasteiger partial charge in [-0.2, -0.15) is 0 Å². The van der Waals surface area contributed by atoms with Crippen LogP contribution in [0.15, 0.2) is 70.2 Å². The fourth-order valence-electron chi connectivity index (χ4n) is 4.05. The molecular formula is C23H23N3O5S. The van der Waals surface area contributed by atoms with E-state index < -0.39 is 29.1 Å². The van der Waals surface area contributed by atoms with E-state index in [1.165, 1.54) is 12.1 Å². The van der Waals surface area contributed by atoms with Crippen molar-refractivity contribution in [2.24, 2.45) is 4.99 Å². The fraction of sp³-hybridized carbons (Fsp3) is 0.261. The number of sulfonamides is 1. The number of fused-ring (bicyclic) bond motifs is 2. The van der Waals surface area contributed by atoms with Crippen LogP contribution in [0.5, 0.6) is 0 Å². The molecule has 2 aromatic rings. The maximum Gasteiger partial charge on any atom is 0.328 e. The highest BCUT2D eigenvalue weighted by atomic mass is 32.2. The smallest absolute Gasteiger partial charge is 0.328 e. The Hall–Kier alpha value is -3.46. The number of anilines is 1. The first-order valence-electron chi connectivity index (χ1n) is 10.0. The van der Waals surface area contributed by atoms with Gasteiger partial charge in [0.05, 0.1) is 4.90 Å². The lowest BCUT2D eigenvalue weighted by Crippen LogP contribution is -2.25. The number of hydrogen-bond acceptors (Lipinski definition) is 7. The quantitative estimate of drug-likeness (QED) is 0.549. The maximum absolute atomic E-state index is 12.5. The Labute approximate surface area is 186 Å². The molecule has 0 spiro atoms. The van der Waals surface area contributed by atoms with E-state index in [9.17, 15) is 18.0 Å². The number of hydrogen-bond donors (Lipinski definition) is 1. The number of likely N-dealkylation sites (N-methyl/N-ethyl adjacent to an activating group) is 1. The van der Waals surface area contributed by atoms with Crippen LogP contribution in [-0.2, 0) is 29.8 Å². The van der Waals surface area contributed by atoms with E-state index in [1.807, 2.05) is 50.1 Å². The summed E-state index contributed by atoms with van der Waals surface area (Å²) in [7, 11) is -1.78. The van der Waals surface area contributed by atoms with Crippen LogP contribution in [0.1, 0.15) is 25.0 Å². The van der Waals surface area contributed by atoms with Crippen molar-refractivity contribution in [3.05, 3.63) is 71.4 Å². The molecule has 0 aromatic heterocycles. The summed E-state index contributed by atoms with van der Waals surface area (Å²) in [6.45, 7) is 3.25. The minimum absolute atomic E-state index is 0.0816. The van der Waals surface area contributed by atoms with Gasteiger partial charge in [0.2, 0.25) is 0 Å². The highest BCUT2D eigenvalue weighted by Crippen LogP contribution is 2.46. The van der Waals surface area contributed by atoms with Crippen molar-refractivity contribution in [3.8, 4) is 0 Å². The van der Waals surface area contributed by atoms with Crippen LogP contribution < -0.4 is 9.62 Å². The monoisotopic (exact) mass is 453 g/mol. The standard InChI is InChI=1S/C23H23N3O5S/c1-23(2)17-9-5-6-10-18(17)26(3)20(23)12-15(27)14-31-21(28)13-24-22-16-8-4-7-11-19(16)32(29,30)25-22/h4-12H,13-14H2,1-3H3,(H,24,25)/b20-12-. The first kappa shape index (κ1) is 21.8. The molecule has 166 valence electrons. The van der Waals surface area contributed by atoms with Gasteiger partial charge in [-0.3, -0.25) is 19.3 Å². The Morgan fingerprint density at radius 2 is 1.81 bits per heavy atom. The van der Waals surface area contributed by atoms with E-state index in [1.54, 1.807) is 18.2 Å². The van der Waals surface area contributed by atoms with Crippen molar-refractivity contribution >= 4 is 33.3 Å². The molecule has 0 atom stereocenters. The van der Waals surface area contributed by atoms with E-state index in [2.05, 4.69) is 9.71 Å². The van der Waals surface area contributed by atoms with Crippen molar-refractivity contribution in [2.45, 2.75) is 24.2 Å². The number of nitrogens with zero attached hydrogens (tertiary/aromatic N) is 2. The molecule has 4 rings (SSSR count). The SMILES string of the molecule is CN1/C(=C\C(=O)COC(=O)CN=C2NS(=O)(=O)c3ccccc32)C(C)(C)c2ccccc21. The highest BCUT2D eigenvalue weighted by molar-refractivity contribution is 7.90. The van der Waals surface area contributed by atoms with Gasteiger partial charge in [0, 0.05) is 35.5 Å². The van der Waals surface area contributed by atoms with Crippen LogP contribution in [0.4, 0.5) is 5.69 Å². The molecule has 0 bridgehead atoms. The van der Waals surface area contributed by atoms with Crippen LogP contribution in [-0.4, -0.2) is 46.2 Å². The number of carbonyl (C=O) groups is 2. The average molecular weight is 454 g/mol. The molecule has 8 nitrogen and oxygen atoms in total. The first-order chi connectivity index (χ1) is 15.1. The Morgan fingerprint density at radius 1 is 1.12 bits per heavy atom. The summed E-state index contributed by atoms with van der Waals surface area (Å²) in [4.78, 5) is 30.7. The number of allylic oxidation sites excluding steroid dienone is 1. The second-order valence-corrected chi connectivity index (χ2v) is 9.78.